The number of hydrogen-bond acceptors (Lipinski definition) is 5. The number of aromatic nitrogens is 1. The lowest BCUT2D eigenvalue weighted by Crippen LogP contribution is -2.41. The van der Waals surface area contributed by atoms with Gasteiger partial charge >= 0.3 is 12.0 Å². The van der Waals surface area contributed by atoms with E-state index in [1.807, 2.05) is 30.3 Å². The zero-order valence-corrected chi connectivity index (χ0v) is 13.6. The van der Waals surface area contributed by atoms with Gasteiger partial charge in [-0.25, -0.2) is 9.59 Å². The molecule has 3 rings (SSSR count). The third kappa shape index (κ3) is 3.65. The highest BCUT2D eigenvalue weighted by Gasteiger charge is 2.31. The summed E-state index contributed by atoms with van der Waals surface area (Å²) in [5, 5.41) is 3.49. The smallest absolute Gasteiger partial charge is 0.331 e. The van der Waals surface area contributed by atoms with Crippen LogP contribution >= 0.6 is 0 Å². The van der Waals surface area contributed by atoms with Crippen LogP contribution in [0.25, 0.3) is 17.0 Å². The first-order chi connectivity index (χ1) is 12.1. The van der Waals surface area contributed by atoms with Crippen LogP contribution in [0.3, 0.4) is 0 Å². The van der Waals surface area contributed by atoms with Gasteiger partial charge in [0.05, 0.1) is 5.52 Å². The number of imide groups is 1. The third-order valence-corrected chi connectivity index (χ3v) is 3.83. The number of hydrogen-bond donors (Lipinski definition) is 1. The summed E-state index contributed by atoms with van der Waals surface area (Å²) in [4.78, 5) is 40.9. The van der Waals surface area contributed by atoms with E-state index in [0.29, 0.717) is 6.54 Å². The number of rotatable bonds is 4. The Kier molecular flexibility index (Phi) is 4.74. The Morgan fingerprint density at radius 2 is 2.12 bits per heavy atom. The minimum Gasteiger partial charge on any atom is -0.449 e. The highest BCUT2D eigenvalue weighted by atomic mass is 16.5. The van der Waals surface area contributed by atoms with Gasteiger partial charge in [0.25, 0.3) is 5.91 Å². The van der Waals surface area contributed by atoms with Crippen LogP contribution in [0.1, 0.15) is 12.5 Å². The zero-order valence-electron chi connectivity index (χ0n) is 13.6. The van der Waals surface area contributed by atoms with Crippen LogP contribution in [0.15, 0.2) is 42.6 Å². The SMILES string of the molecule is C[C@@H](OC(=O)/C=C/c1cccc2cccnc12)C(=O)N1CCNC1=O. The molecule has 1 atom stereocenters. The number of ether oxygens (including phenoxy) is 1. The third-order valence-electron chi connectivity index (χ3n) is 3.83. The van der Waals surface area contributed by atoms with Gasteiger partial charge in [-0.1, -0.05) is 24.3 Å². The van der Waals surface area contributed by atoms with Crippen LogP contribution in [0.4, 0.5) is 4.79 Å². The van der Waals surface area contributed by atoms with Crippen LogP contribution in [0.2, 0.25) is 0 Å². The molecule has 1 saturated heterocycles. The van der Waals surface area contributed by atoms with E-state index in [-0.39, 0.29) is 6.54 Å². The molecule has 1 aromatic heterocycles. The van der Waals surface area contributed by atoms with Crippen molar-refractivity contribution in [3.8, 4) is 0 Å². The number of nitrogens with one attached hydrogen (secondary N) is 1. The van der Waals surface area contributed by atoms with Gasteiger partial charge < -0.3 is 10.1 Å². The summed E-state index contributed by atoms with van der Waals surface area (Å²) in [7, 11) is 0. The van der Waals surface area contributed by atoms with Crippen molar-refractivity contribution in [3.63, 3.8) is 0 Å². The van der Waals surface area contributed by atoms with Crippen molar-refractivity contribution in [3.05, 3.63) is 48.2 Å². The minimum atomic E-state index is -1.04. The Labute approximate surface area is 144 Å². The fourth-order valence-electron chi connectivity index (χ4n) is 2.59. The van der Waals surface area contributed by atoms with Crippen LogP contribution in [0, 0.1) is 0 Å². The van der Waals surface area contributed by atoms with Gasteiger partial charge in [-0.3, -0.25) is 14.7 Å². The molecule has 2 aromatic rings. The highest BCUT2D eigenvalue weighted by Crippen LogP contribution is 2.17. The Morgan fingerprint density at radius 1 is 1.32 bits per heavy atom. The molecule has 3 amide bonds. The molecule has 0 bridgehead atoms. The first-order valence-electron chi connectivity index (χ1n) is 7.88. The molecule has 2 heterocycles. The molecular formula is C18H17N3O4. The van der Waals surface area contributed by atoms with Crippen molar-refractivity contribution < 1.29 is 19.1 Å². The van der Waals surface area contributed by atoms with E-state index in [9.17, 15) is 14.4 Å². The number of carbonyl (C=O) groups excluding carboxylic acids is 3. The molecule has 0 spiro atoms. The van der Waals surface area contributed by atoms with Crippen LogP contribution < -0.4 is 5.32 Å². The Hall–Kier alpha value is -3.22. The fraction of sp³-hybridized carbons (Fsp3) is 0.222. The average molecular weight is 339 g/mol. The molecule has 1 aliphatic heterocycles. The molecule has 0 saturated carbocycles. The van der Waals surface area contributed by atoms with Crippen molar-refractivity contribution in [1.82, 2.24) is 15.2 Å². The second-order valence-corrected chi connectivity index (χ2v) is 5.56. The maximum Gasteiger partial charge on any atom is 0.331 e. The van der Waals surface area contributed by atoms with E-state index in [1.165, 1.54) is 13.0 Å². The summed E-state index contributed by atoms with van der Waals surface area (Å²) in [6.07, 6.45) is 3.49. The predicted octanol–water partition coefficient (Wildman–Crippen LogP) is 1.73. The highest BCUT2D eigenvalue weighted by molar-refractivity contribution is 5.99. The monoisotopic (exact) mass is 339 g/mol. The molecule has 1 fully saturated rings. The second kappa shape index (κ2) is 7.12. The molecule has 128 valence electrons. The minimum absolute atomic E-state index is 0.275. The number of fused-ring (bicyclic) bond motifs is 1. The Balaban J connectivity index is 1.66. The van der Waals surface area contributed by atoms with Crippen molar-refractivity contribution >= 4 is 34.9 Å². The van der Waals surface area contributed by atoms with E-state index < -0.39 is 24.0 Å². The lowest BCUT2D eigenvalue weighted by molar-refractivity contribution is -0.153. The summed E-state index contributed by atoms with van der Waals surface area (Å²) < 4.78 is 5.09. The molecule has 0 unspecified atom stereocenters. The summed E-state index contributed by atoms with van der Waals surface area (Å²) in [5.41, 5.74) is 1.54. The molecule has 25 heavy (non-hydrogen) atoms. The van der Waals surface area contributed by atoms with E-state index in [1.54, 1.807) is 12.3 Å². The summed E-state index contributed by atoms with van der Waals surface area (Å²) in [5.74, 6) is -1.20. The Bertz CT molecular complexity index is 857. The maximum atomic E-state index is 12.1. The summed E-state index contributed by atoms with van der Waals surface area (Å²) >= 11 is 0. The van der Waals surface area contributed by atoms with Crippen LogP contribution in [-0.2, 0) is 14.3 Å². The molecule has 1 N–H and O–H groups in total. The molecule has 1 aliphatic rings. The lowest BCUT2D eigenvalue weighted by atomic mass is 10.1. The quantitative estimate of drug-likeness (QED) is 0.677. The van der Waals surface area contributed by atoms with Crippen LogP contribution in [-0.4, -0.2) is 47.0 Å². The molecule has 0 radical (unpaired) electrons. The van der Waals surface area contributed by atoms with Gasteiger partial charge in [0, 0.05) is 36.3 Å². The Morgan fingerprint density at radius 3 is 2.88 bits per heavy atom. The van der Waals surface area contributed by atoms with E-state index >= 15 is 0 Å². The zero-order chi connectivity index (χ0) is 17.8. The van der Waals surface area contributed by atoms with Crippen molar-refractivity contribution in [2.24, 2.45) is 0 Å². The molecule has 0 aliphatic carbocycles. The average Bonchev–Trinajstić information content (AvgIpc) is 3.05. The van der Waals surface area contributed by atoms with Crippen LogP contribution in [0.5, 0.6) is 0 Å². The van der Waals surface area contributed by atoms with Gasteiger partial charge in [0.1, 0.15) is 0 Å². The number of pyridine rings is 1. The largest absolute Gasteiger partial charge is 0.449 e. The first kappa shape index (κ1) is 16.6. The van der Waals surface area contributed by atoms with Gasteiger partial charge in [0.15, 0.2) is 6.10 Å². The number of esters is 1. The lowest BCUT2D eigenvalue weighted by Gasteiger charge is -2.17. The van der Waals surface area contributed by atoms with E-state index in [0.717, 1.165) is 21.4 Å². The number of para-hydroxylation sites is 1. The first-order valence-corrected chi connectivity index (χ1v) is 7.88. The van der Waals surface area contributed by atoms with Crippen molar-refractivity contribution in [1.29, 1.82) is 0 Å². The standard InChI is InChI=1S/C18H17N3O4/c1-12(17(23)21-11-10-20-18(21)24)25-15(22)8-7-14-5-2-4-13-6-3-9-19-16(13)14/h2-9,12H,10-11H2,1H3,(H,20,24)/b8-7+/t12-/m1/s1. The van der Waals surface area contributed by atoms with Gasteiger partial charge in [-0.2, -0.15) is 0 Å². The molecular weight excluding hydrogens is 322 g/mol. The van der Waals surface area contributed by atoms with Crippen molar-refractivity contribution in [2.45, 2.75) is 13.0 Å². The number of benzene rings is 1. The number of nitrogens with zero attached hydrogens (tertiary/aromatic N) is 2. The maximum absolute atomic E-state index is 12.1. The van der Waals surface area contributed by atoms with Crippen molar-refractivity contribution in [2.75, 3.05) is 13.1 Å². The van der Waals surface area contributed by atoms with Gasteiger partial charge in [0.2, 0.25) is 0 Å². The summed E-state index contributed by atoms with van der Waals surface area (Å²) in [6.45, 7) is 2.12. The fourth-order valence-corrected chi connectivity index (χ4v) is 2.59. The summed E-state index contributed by atoms with van der Waals surface area (Å²) in [6, 6.07) is 8.94. The van der Waals surface area contributed by atoms with E-state index in [4.69, 9.17) is 4.74 Å². The molecule has 7 heteroatoms. The second-order valence-electron chi connectivity index (χ2n) is 5.56. The van der Waals surface area contributed by atoms with Gasteiger partial charge in [-0.05, 0) is 19.1 Å². The topological polar surface area (TPSA) is 88.6 Å². The number of urea groups is 1. The van der Waals surface area contributed by atoms with E-state index in [2.05, 4.69) is 10.3 Å². The van der Waals surface area contributed by atoms with Gasteiger partial charge in [-0.15, -0.1) is 0 Å². The number of carbonyl (C=O) groups is 3. The molecule has 1 aromatic carbocycles. The normalized spacial score (nSPS) is 15.4. The molecule has 7 nitrogen and oxygen atoms in total. The predicted molar refractivity (Wildman–Crippen MR) is 91.4 cm³/mol. The number of amides is 3.